The van der Waals surface area contributed by atoms with Crippen molar-refractivity contribution in [3.8, 4) is 0 Å². The highest BCUT2D eigenvalue weighted by atomic mass is 35.5. The second-order valence-electron chi connectivity index (χ2n) is 4.06. The number of rotatable bonds is 3. The van der Waals surface area contributed by atoms with E-state index < -0.39 is 0 Å². The van der Waals surface area contributed by atoms with Gasteiger partial charge < -0.3 is 4.98 Å². The van der Waals surface area contributed by atoms with Crippen LogP contribution < -0.4 is 0 Å². The number of benzene rings is 1. The highest BCUT2D eigenvalue weighted by Crippen LogP contribution is 2.38. The Balaban J connectivity index is 1.93. The Hall–Kier alpha value is -1.59. The molecule has 0 fully saturated rings. The van der Waals surface area contributed by atoms with Crippen LogP contribution in [0.4, 0.5) is 0 Å². The molecule has 0 aliphatic heterocycles. The van der Waals surface area contributed by atoms with E-state index in [0.717, 1.165) is 21.1 Å². The van der Waals surface area contributed by atoms with Gasteiger partial charge in [0.2, 0.25) is 0 Å². The Morgan fingerprint density at radius 1 is 1.21 bits per heavy atom. The summed E-state index contributed by atoms with van der Waals surface area (Å²) in [5.74, 6) is 0. The first-order valence-corrected chi connectivity index (χ1v) is 7.06. The summed E-state index contributed by atoms with van der Waals surface area (Å²) < 4.78 is 0. The van der Waals surface area contributed by atoms with Crippen molar-refractivity contribution >= 4 is 34.5 Å². The lowest BCUT2D eigenvalue weighted by Crippen LogP contribution is -1.92. The lowest BCUT2D eigenvalue weighted by Gasteiger charge is -2.12. The molecule has 2 heterocycles. The number of hydrogen-bond acceptors (Lipinski definition) is 4. The molecule has 0 unspecified atom stereocenters. The number of H-pyrrole nitrogens is 1. The zero-order valence-corrected chi connectivity index (χ0v) is 11.7. The Morgan fingerprint density at radius 3 is 2.89 bits per heavy atom. The predicted molar refractivity (Wildman–Crippen MR) is 77.4 cm³/mol. The fraction of sp³-hybridized carbons (Fsp3) is 0.154. The number of halogens is 1. The van der Waals surface area contributed by atoms with E-state index in [1.807, 2.05) is 24.3 Å². The highest BCUT2D eigenvalue weighted by molar-refractivity contribution is 7.99. The SMILES string of the molecule is C[C@@H](Sc1ncnc2nc[nH]c12)c1ccccc1Cl. The second kappa shape index (κ2) is 5.19. The van der Waals surface area contributed by atoms with Gasteiger partial charge >= 0.3 is 0 Å². The van der Waals surface area contributed by atoms with Crippen molar-refractivity contribution in [3.63, 3.8) is 0 Å². The minimum absolute atomic E-state index is 0.204. The lowest BCUT2D eigenvalue weighted by atomic mass is 10.2. The van der Waals surface area contributed by atoms with Gasteiger partial charge in [0, 0.05) is 10.3 Å². The summed E-state index contributed by atoms with van der Waals surface area (Å²) in [4.78, 5) is 15.6. The summed E-state index contributed by atoms with van der Waals surface area (Å²) in [6.07, 6.45) is 3.16. The molecule has 1 aromatic carbocycles. The molecule has 3 aromatic rings. The van der Waals surface area contributed by atoms with Crippen molar-refractivity contribution in [1.29, 1.82) is 0 Å². The third-order valence-electron chi connectivity index (χ3n) is 2.82. The summed E-state index contributed by atoms with van der Waals surface area (Å²) >= 11 is 7.85. The van der Waals surface area contributed by atoms with E-state index in [0.29, 0.717) is 5.65 Å². The van der Waals surface area contributed by atoms with E-state index in [-0.39, 0.29) is 5.25 Å². The molecule has 3 rings (SSSR count). The van der Waals surface area contributed by atoms with Crippen LogP contribution in [0.15, 0.2) is 41.9 Å². The minimum Gasteiger partial charge on any atom is -0.341 e. The van der Waals surface area contributed by atoms with E-state index in [9.17, 15) is 0 Å². The zero-order valence-electron chi connectivity index (χ0n) is 10.2. The van der Waals surface area contributed by atoms with Gasteiger partial charge in [0.1, 0.15) is 16.9 Å². The van der Waals surface area contributed by atoms with Crippen LogP contribution in [0.2, 0.25) is 5.02 Å². The van der Waals surface area contributed by atoms with E-state index in [1.165, 1.54) is 6.33 Å². The van der Waals surface area contributed by atoms with Crippen LogP contribution in [-0.4, -0.2) is 19.9 Å². The Labute approximate surface area is 119 Å². The molecule has 0 saturated carbocycles. The first-order valence-electron chi connectivity index (χ1n) is 5.81. The molecule has 0 aliphatic carbocycles. The van der Waals surface area contributed by atoms with Crippen LogP contribution in [0, 0.1) is 0 Å². The van der Waals surface area contributed by atoms with Crippen molar-refractivity contribution in [2.24, 2.45) is 0 Å². The number of aromatic amines is 1. The topological polar surface area (TPSA) is 54.5 Å². The van der Waals surface area contributed by atoms with Crippen LogP contribution >= 0.6 is 23.4 Å². The van der Waals surface area contributed by atoms with Gasteiger partial charge in [-0.1, -0.05) is 41.6 Å². The molecular formula is C13H11ClN4S. The molecule has 0 aliphatic rings. The van der Waals surface area contributed by atoms with Gasteiger partial charge in [0.25, 0.3) is 0 Å². The van der Waals surface area contributed by atoms with Gasteiger partial charge in [-0.3, -0.25) is 0 Å². The van der Waals surface area contributed by atoms with Crippen molar-refractivity contribution in [1.82, 2.24) is 19.9 Å². The Kier molecular flexibility index (Phi) is 3.40. The highest BCUT2D eigenvalue weighted by Gasteiger charge is 2.14. The van der Waals surface area contributed by atoms with Crippen LogP contribution in [-0.2, 0) is 0 Å². The van der Waals surface area contributed by atoms with Crippen LogP contribution in [0.3, 0.4) is 0 Å². The second-order valence-corrected chi connectivity index (χ2v) is 5.80. The van der Waals surface area contributed by atoms with E-state index in [1.54, 1.807) is 18.1 Å². The summed E-state index contributed by atoms with van der Waals surface area (Å²) in [7, 11) is 0. The first-order chi connectivity index (χ1) is 9.25. The molecule has 0 radical (unpaired) electrons. The Morgan fingerprint density at radius 2 is 2.05 bits per heavy atom. The molecule has 19 heavy (non-hydrogen) atoms. The van der Waals surface area contributed by atoms with Crippen molar-refractivity contribution in [3.05, 3.63) is 47.5 Å². The van der Waals surface area contributed by atoms with Gasteiger partial charge in [-0.05, 0) is 18.6 Å². The molecule has 4 nitrogen and oxygen atoms in total. The van der Waals surface area contributed by atoms with Crippen molar-refractivity contribution < 1.29 is 0 Å². The molecule has 0 bridgehead atoms. The third-order valence-corrected chi connectivity index (χ3v) is 4.30. The van der Waals surface area contributed by atoms with Crippen LogP contribution in [0.25, 0.3) is 11.2 Å². The molecule has 6 heteroatoms. The Bertz CT molecular complexity index is 712. The maximum Gasteiger partial charge on any atom is 0.181 e. The molecule has 0 saturated heterocycles. The zero-order chi connectivity index (χ0) is 13.2. The van der Waals surface area contributed by atoms with Gasteiger partial charge in [-0.15, -0.1) is 0 Å². The fourth-order valence-electron chi connectivity index (χ4n) is 1.87. The molecule has 96 valence electrons. The van der Waals surface area contributed by atoms with E-state index in [4.69, 9.17) is 11.6 Å². The average Bonchev–Trinajstić information content (AvgIpc) is 2.88. The van der Waals surface area contributed by atoms with Crippen molar-refractivity contribution in [2.75, 3.05) is 0 Å². The smallest absolute Gasteiger partial charge is 0.181 e. The normalized spacial score (nSPS) is 12.7. The molecule has 1 atom stereocenters. The number of aromatic nitrogens is 4. The number of thioether (sulfide) groups is 1. The number of hydrogen-bond donors (Lipinski definition) is 1. The number of nitrogens with one attached hydrogen (secondary N) is 1. The van der Waals surface area contributed by atoms with Gasteiger partial charge in [0.05, 0.1) is 6.33 Å². The van der Waals surface area contributed by atoms with E-state index in [2.05, 4.69) is 26.9 Å². The molecular weight excluding hydrogens is 280 g/mol. The fourth-order valence-corrected chi connectivity index (χ4v) is 3.28. The monoisotopic (exact) mass is 290 g/mol. The summed E-state index contributed by atoms with van der Waals surface area (Å²) in [5.41, 5.74) is 2.65. The number of fused-ring (bicyclic) bond motifs is 1. The van der Waals surface area contributed by atoms with Crippen LogP contribution in [0.5, 0.6) is 0 Å². The molecule has 0 amide bonds. The molecule has 2 aromatic heterocycles. The van der Waals surface area contributed by atoms with Crippen molar-refractivity contribution in [2.45, 2.75) is 17.2 Å². The summed E-state index contributed by atoms with van der Waals surface area (Å²) in [5, 5.41) is 1.86. The van der Waals surface area contributed by atoms with E-state index >= 15 is 0 Å². The van der Waals surface area contributed by atoms with Crippen LogP contribution in [0.1, 0.15) is 17.7 Å². The lowest BCUT2D eigenvalue weighted by molar-refractivity contribution is 1.05. The predicted octanol–water partition coefficient (Wildman–Crippen LogP) is 3.86. The maximum atomic E-state index is 6.22. The van der Waals surface area contributed by atoms with Gasteiger partial charge in [-0.2, -0.15) is 0 Å². The largest absolute Gasteiger partial charge is 0.341 e. The summed E-state index contributed by atoms with van der Waals surface area (Å²) in [6, 6.07) is 7.86. The molecule has 0 spiro atoms. The average molecular weight is 291 g/mol. The minimum atomic E-state index is 0.204. The number of imidazole rings is 1. The molecule has 1 N–H and O–H groups in total. The third kappa shape index (κ3) is 2.43. The number of nitrogens with zero attached hydrogens (tertiary/aromatic N) is 3. The van der Waals surface area contributed by atoms with Gasteiger partial charge in [0.15, 0.2) is 5.65 Å². The van der Waals surface area contributed by atoms with Gasteiger partial charge in [-0.25, -0.2) is 15.0 Å². The maximum absolute atomic E-state index is 6.22. The standard InChI is InChI=1S/C13H11ClN4S/c1-8(9-4-2-3-5-10(9)14)19-13-11-12(16-6-15-11)17-7-18-13/h2-8H,1H3,(H,15,16,17,18)/t8-/m1/s1. The first kappa shape index (κ1) is 12.4. The quantitative estimate of drug-likeness (QED) is 0.588. The summed E-state index contributed by atoms with van der Waals surface area (Å²) in [6.45, 7) is 2.11.